The quantitative estimate of drug-likeness (QED) is 0.832. The van der Waals surface area contributed by atoms with Gasteiger partial charge in [-0.15, -0.1) is 5.10 Å². The Hall–Kier alpha value is -1.59. The fraction of sp³-hybridized carbons (Fsp3) is 0.750. The summed E-state index contributed by atoms with van der Waals surface area (Å²) in [6, 6.07) is 0.296. The Morgan fingerprint density at radius 2 is 2.28 bits per heavy atom. The van der Waals surface area contributed by atoms with Crippen LogP contribution in [0.15, 0.2) is 6.33 Å². The highest BCUT2D eigenvalue weighted by molar-refractivity contribution is 5.75. The molecule has 1 heterocycles. The Labute approximate surface area is 107 Å². The molecule has 3 N–H and O–H groups in total. The van der Waals surface area contributed by atoms with Gasteiger partial charge in [-0.3, -0.25) is 4.79 Å². The molecule has 0 bridgehead atoms. The van der Waals surface area contributed by atoms with Crippen LogP contribution >= 0.6 is 0 Å². The second-order valence-electron chi connectivity index (χ2n) is 5.33. The molecule has 1 aliphatic rings. The van der Waals surface area contributed by atoms with E-state index < -0.39 is 0 Å². The van der Waals surface area contributed by atoms with Crippen LogP contribution in [0.4, 0.5) is 5.95 Å². The summed E-state index contributed by atoms with van der Waals surface area (Å²) in [7, 11) is 0. The van der Waals surface area contributed by atoms with Gasteiger partial charge in [0.2, 0.25) is 11.9 Å². The van der Waals surface area contributed by atoms with E-state index in [1.807, 2.05) is 0 Å². The van der Waals surface area contributed by atoms with Gasteiger partial charge in [0.05, 0.1) is 0 Å². The number of nitrogen functional groups attached to an aromatic ring is 1. The molecule has 1 aromatic heterocycles. The summed E-state index contributed by atoms with van der Waals surface area (Å²) >= 11 is 0. The lowest BCUT2D eigenvalue weighted by Gasteiger charge is -2.32. The molecule has 0 saturated heterocycles. The maximum absolute atomic E-state index is 11.8. The van der Waals surface area contributed by atoms with Crippen LogP contribution in [-0.2, 0) is 11.3 Å². The van der Waals surface area contributed by atoms with Crippen LogP contribution in [0.5, 0.6) is 0 Å². The fourth-order valence-corrected chi connectivity index (χ4v) is 2.48. The first-order valence-corrected chi connectivity index (χ1v) is 6.49. The van der Waals surface area contributed by atoms with Gasteiger partial charge in [-0.25, -0.2) is 9.67 Å². The number of nitrogens with zero attached hydrogens (tertiary/aromatic N) is 3. The fourth-order valence-electron chi connectivity index (χ4n) is 2.48. The minimum Gasteiger partial charge on any atom is -0.367 e. The molecular formula is C12H21N5O. The van der Waals surface area contributed by atoms with Crippen molar-refractivity contribution in [1.82, 2.24) is 20.1 Å². The van der Waals surface area contributed by atoms with Crippen LogP contribution in [0.3, 0.4) is 0 Å². The van der Waals surface area contributed by atoms with E-state index in [1.54, 1.807) is 0 Å². The van der Waals surface area contributed by atoms with Gasteiger partial charge in [0, 0.05) is 6.04 Å². The molecular weight excluding hydrogens is 230 g/mol. The molecule has 0 radical (unpaired) electrons. The molecule has 1 aliphatic carbocycles. The van der Waals surface area contributed by atoms with E-state index in [2.05, 4.69) is 29.2 Å². The Kier molecular flexibility index (Phi) is 3.84. The minimum atomic E-state index is -0.0216. The van der Waals surface area contributed by atoms with Gasteiger partial charge in [0.1, 0.15) is 12.9 Å². The maximum atomic E-state index is 11.8. The predicted molar refractivity (Wildman–Crippen MR) is 68.5 cm³/mol. The van der Waals surface area contributed by atoms with Crippen LogP contribution in [0.25, 0.3) is 0 Å². The van der Waals surface area contributed by atoms with E-state index >= 15 is 0 Å². The lowest BCUT2D eigenvalue weighted by Crippen LogP contribution is -2.41. The lowest BCUT2D eigenvalue weighted by atomic mass is 9.79. The van der Waals surface area contributed by atoms with Gasteiger partial charge in [-0.1, -0.05) is 13.8 Å². The molecule has 3 unspecified atom stereocenters. The Balaban J connectivity index is 1.81. The van der Waals surface area contributed by atoms with Gasteiger partial charge in [-0.2, -0.15) is 0 Å². The van der Waals surface area contributed by atoms with E-state index in [1.165, 1.54) is 17.4 Å². The van der Waals surface area contributed by atoms with Crippen molar-refractivity contribution in [3.05, 3.63) is 6.33 Å². The zero-order chi connectivity index (χ0) is 13.1. The monoisotopic (exact) mass is 251 g/mol. The van der Waals surface area contributed by atoms with Crippen LogP contribution in [0.2, 0.25) is 0 Å². The van der Waals surface area contributed by atoms with Gasteiger partial charge in [0.25, 0.3) is 0 Å². The summed E-state index contributed by atoms with van der Waals surface area (Å²) in [6.45, 7) is 4.71. The predicted octanol–water partition coefficient (Wildman–Crippen LogP) is 0.801. The normalized spacial score (nSPS) is 28.0. The molecule has 1 saturated carbocycles. The van der Waals surface area contributed by atoms with E-state index in [0.717, 1.165) is 18.8 Å². The number of hydrogen-bond acceptors (Lipinski definition) is 4. The number of nitrogens with one attached hydrogen (secondary N) is 1. The van der Waals surface area contributed by atoms with Gasteiger partial charge in [-0.05, 0) is 31.1 Å². The number of carbonyl (C=O) groups excluding carboxylic acids is 1. The summed E-state index contributed by atoms with van der Waals surface area (Å²) < 4.78 is 1.46. The number of hydrogen-bond donors (Lipinski definition) is 2. The first kappa shape index (κ1) is 12.9. The molecule has 0 spiro atoms. The van der Waals surface area contributed by atoms with E-state index in [4.69, 9.17) is 5.73 Å². The highest BCUT2D eigenvalue weighted by Gasteiger charge is 2.25. The Morgan fingerprint density at radius 1 is 1.50 bits per heavy atom. The second-order valence-corrected chi connectivity index (χ2v) is 5.33. The average Bonchev–Trinajstić information content (AvgIpc) is 2.69. The molecule has 6 nitrogen and oxygen atoms in total. The molecule has 1 aromatic rings. The van der Waals surface area contributed by atoms with Crippen molar-refractivity contribution < 1.29 is 4.79 Å². The van der Waals surface area contributed by atoms with Crippen LogP contribution < -0.4 is 11.1 Å². The molecule has 1 fully saturated rings. The number of rotatable bonds is 3. The largest absolute Gasteiger partial charge is 0.367 e. The summed E-state index contributed by atoms with van der Waals surface area (Å²) in [4.78, 5) is 15.6. The smallest absolute Gasteiger partial charge is 0.242 e. The minimum absolute atomic E-state index is 0.0216. The number of aromatic nitrogens is 3. The van der Waals surface area contributed by atoms with Gasteiger partial charge in [0.15, 0.2) is 0 Å². The summed E-state index contributed by atoms with van der Waals surface area (Å²) in [5.41, 5.74) is 5.40. The second kappa shape index (κ2) is 5.37. The van der Waals surface area contributed by atoms with Crippen molar-refractivity contribution in [1.29, 1.82) is 0 Å². The number of carbonyl (C=O) groups is 1. The highest BCUT2D eigenvalue weighted by Crippen LogP contribution is 2.29. The van der Waals surface area contributed by atoms with E-state index in [9.17, 15) is 4.79 Å². The summed E-state index contributed by atoms with van der Waals surface area (Å²) in [6.07, 6.45) is 4.78. The zero-order valence-corrected chi connectivity index (χ0v) is 11.0. The average molecular weight is 251 g/mol. The third-order valence-corrected chi connectivity index (χ3v) is 3.82. The highest BCUT2D eigenvalue weighted by atomic mass is 16.2. The summed E-state index contributed by atoms with van der Waals surface area (Å²) in [5, 5.41) is 6.95. The zero-order valence-electron chi connectivity index (χ0n) is 11.0. The first-order valence-electron chi connectivity index (χ1n) is 6.49. The number of nitrogens with two attached hydrogens (primary N) is 1. The van der Waals surface area contributed by atoms with E-state index in [0.29, 0.717) is 12.0 Å². The van der Waals surface area contributed by atoms with Gasteiger partial charge < -0.3 is 11.1 Å². The first-order chi connectivity index (χ1) is 8.54. The molecule has 1 amide bonds. The van der Waals surface area contributed by atoms with Crippen molar-refractivity contribution in [2.45, 2.75) is 45.7 Å². The van der Waals surface area contributed by atoms with Crippen molar-refractivity contribution in [2.24, 2.45) is 11.8 Å². The Morgan fingerprint density at radius 3 is 2.89 bits per heavy atom. The van der Waals surface area contributed by atoms with Crippen LogP contribution in [0.1, 0.15) is 33.1 Å². The molecule has 18 heavy (non-hydrogen) atoms. The maximum Gasteiger partial charge on any atom is 0.242 e. The standard InChI is InChI=1S/C12H21N5O/c1-8-3-4-10(5-9(8)2)15-11(18)6-17-7-14-12(13)16-17/h7-10H,3-6H2,1-2H3,(H2,13,16)(H,15,18). The van der Waals surface area contributed by atoms with Gasteiger partial charge >= 0.3 is 0 Å². The Bertz CT molecular complexity index is 416. The number of amides is 1. The number of anilines is 1. The molecule has 0 aromatic carbocycles. The van der Waals surface area contributed by atoms with Crippen molar-refractivity contribution in [2.75, 3.05) is 5.73 Å². The summed E-state index contributed by atoms with van der Waals surface area (Å²) in [5.74, 6) is 1.61. The molecule has 6 heteroatoms. The van der Waals surface area contributed by atoms with Crippen LogP contribution in [-0.4, -0.2) is 26.7 Å². The van der Waals surface area contributed by atoms with Crippen LogP contribution in [0, 0.1) is 11.8 Å². The van der Waals surface area contributed by atoms with Crippen molar-refractivity contribution in [3.8, 4) is 0 Å². The molecule has 0 aliphatic heterocycles. The SMILES string of the molecule is CC1CCC(NC(=O)Cn2cnc(N)n2)CC1C. The molecule has 2 rings (SSSR count). The molecule has 3 atom stereocenters. The van der Waals surface area contributed by atoms with Crippen molar-refractivity contribution >= 4 is 11.9 Å². The topological polar surface area (TPSA) is 85.8 Å². The third-order valence-electron chi connectivity index (χ3n) is 3.82. The van der Waals surface area contributed by atoms with E-state index in [-0.39, 0.29) is 18.4 Å². The third kappa shape index (κ3) is 3.21. The van der Waals surface area contributed by atoms with Crippen molar-refractivity contribution in [3.63, 3.8) is 0 Å². The molecule has 100 valence electrons. The lowest BCUT2D eigenvalue weighted by molar-refractivity contribution is -0.122.